The Morgan fingerprint density at radius 3 is 1.74 bits per heavy atom. The normalized spacial score (nSPS) is 9.87. The van der Waals surface area contributed by atoms with Crippen molar-refractivity contribution in [2.75, 3.05) is 11.9 Å². The first kappa shape index (κ1) is 16.7. The summed E-state index contributed by atoms with van der Waals surface area (Å²) in [5, 5.41) is 11.1. The summed E-state index contributed by atoms with van der Waals surface area (Å²) in [6.07, 6.45) is 1.80. The van der Waals surface area contributed by atoms with Gasteiger partial charge < -0.3 is 10.4 Å². The Morgan fingerprint density at radius 2 is 1.30 bits per heavy atom. The third-order valence-corrected chi connectivity index (χ3v) is 3.22. The van der Waals surface area contributed by atoms with Crippen LogP contribution in [0.2, 0.25) is 0 Å². The van der Waals surface area contributed by atoms with Crippen molar-refractivity contribution >= 4 is 5.82 Å². The van der Waals surface area contributed by atoms with Gasteiger partial charge in [-0.15, -0.1) is 0 Å². The third kappa shape index (κ3) is 5.24. The van der Waals surface area contributed by atoms with Crippen molar-refractivity contribution in [3.63, 3.8) is 0 Å². The maximum absolute atomic E-state index is 7.57. The predicted octanol–water partition coefficient (Wildman–Crippen LogP) is 4.28. The van der Waals surface area contributed by atoms with Crippen LogP contribution in [0, 0.1) is 0 Å². The van der Waals surface area contributed by atoms with Crippen LogP contribution in [-0.4, -0.2) is 16.7 Å². The molecule has 0 unspecified atom stereocenters. The summed E-state index contributed by atoms with van der Waals surface area (Å²) < 4.78 is 0. The van der Waals surface area contributed by atoms with E-state index < -0.39 is 0 Å². The van der Waals surface area contributed by atoms with E-state index in [1.807, 2.05) is 30.3 Å². The number of hydrogen-bond acceptors (Lipinski definition) is 3. The molecule has 3 aromatic rings. The van der Waals surface area contributed by atoms with Gasteiger partial charge in [0, 0.05) is 12.8 Å². The number of pyridine rings is 1. The van der Waals surface area contributed by atoms with Gasteiger partial charge in [0.15, 0.2) is 0 Å². The molecule has 2 aromatic carbocycles. The molecule has 0 saturated heterocycles. The van der Waals surface area contributed by atoms with E-state index >= 15 is 0 Å². The highest BCUT2D eigenvalue weighted by Crippen LogP contribution is 2.25. The molecular formula is C20H22N2O. The number of hydrogen-bond donors (Lipinski definition) is 2. The lowest BCUT2D eigenvalue weighted by Crippen LogP contribution is -2.12. The molecule has 0 aliphatic heterocycles. The zero-order valence-electron chi connectivity index (χ0n) is 13.3. The fraction of sp³-hybridized carbons (Fsp3) is 0.150. The maximum atomic E-state index is 7.57. The molecule has 0 spiro atoms. The number of anilines is 1. The number of aliphatic hydroxyl groups is 1. The molecule has 0 bridgehead atoms. The van der Waals surface area contributed by atoms with Gasteiger partial charge in [-0.05, 0) is 30.2 Å². The van der Waals surface area contributed by atoms with Gasteiger partial charge in [0.25, 0.3) is 0 Å². The maximum Gasteiger partial charge on any atom is 0.126 e. The molecule has 0 radical (unpaired) electrons. The van der Waals surface area contributed by atoms with Crippen LogP contribution in [-0.2, 0) is 0 Å². The molecule has 0 fully saturated rings. The van der Waals surface area contributed by atoms with Crippen LogP contribution < -0.4 is 5.32 Å². The Balaban J connectivity index is 0.000000595. The first-order valence-electron chi connectivity index (χ1n) is 7.73. The van der Waals surface area contributed by atoms with Crippen LogP contribution in [0.3, 0.4) is 0 Å². The number of nitrogens with zero attached hydrogens (tertiary/aromatic N) is 1. The minimum Gasteiger partial charge on any atom is -0.397 e. The Morgan fingerprint density at radius 1 is 0.826 bits per heavy atom. The van der Waals surface area contributed by atoms with E-state index in [0.29, 0.717) is 0 Å². The topological polar surface area (TPSA) is 45.1 Å². The number of aromatic nitrogens is 1. The fourth-order valence-electron chi connectivity index (χ4n) is 2.25. The smallest absolute Gasteiger partial charge is 0.126 e. The Bertz CT molecular complexity index is 617. The Kier molecular flexibility index (Phi) is 6.82. The lowest BCUT2D eigenvalue weighted by Gasteiger charge is -2.20. The summed E-state index contributed by atoms with van der Waals surface area (Å²) in [6.45, 7) is 1.93. The summed E-state index contributed by atoms with van der Waals surface area (Å²) in [5.41, 5.74) is 2.45. The third-order valence-electron chi connectivity index (χ3n) is 3.22. The van der Waals surface area contributed by atoms with Gasteiger partial charge in [-0.2, -0.15) is 0 Å². The van der Waals surface area contributed by atoms with E-state index in [4.69, 9.17) is 5.11 Å². The van der Waals surface area contributed by atoms with Gasteiger partial charge in [0.2, 0.25) is 0 Å². The molecule has 0 atom stereocenters. The van der Waals surface area contributed by atoms with Crippen molar-refractivity contribution in [3.8, 4) is 0 Å². The van der Waals surface area contributed by atoms with Crippen molar-refractivity contribution in [2.45, 2.75) is 13.0 Å². The zero-order chi connectivity index (χ0) is 16.3. The highest BCUT2D eigenvalue weighted by molar-refractivity contribution is 5.43. The minimum atomic E-state index is 0.104. The van der Waals surface area contributed by atoms with Crippen LogP contribution in [0.5, 0.6) is 0 Å². The summed E-state index contributed by atoms with van der Waals surface area (Å²) in [6, 6.07) is 26.8. The minimum absolute atomic E-state index is 0.104. The monoisotopic (exact) mass is 306 g/mol. The molecule has 2 N–H and O–H groups in total. The average Bonchev–Trinajstić information content (AvgIpc) is 2.63. The van der Waals surface area contributed by atoms with Crippen molar-refractivity contribution in [1.82, 2.24) is 4.98 Å². The fourth-order valence-corrected chi connectivity index (χ4v) is 2.25. The van der Waals surface area contributed by atoms with E-state index in [9.17, 15) is 0 Å². The van der Waals surface area contributed by atoms with Gasteiger partial charge in [0.1, 0.15) is 5.82 Å². The first-order valence-corrected chi connectivity index (χ1v) is 7.73. The van der Waals surface area contributed by atoms with Crippen LogP contribution >= 0.6 is 0 Å². The van der Waals surface area contributed by atoms with Crippen molar-refractivity contribution < 1.29 is 5.11 Å². The standard InChI is InChI=1S/C18H16N2.C2H6O/c1-3-9-15(10-4-1)18(16-11-5-2-6-12-16)20-17-13-7-8-14-19-17;1-2-3/h1-14,18H,(H,19,20);3H,2H2,1H3. The van der Waals surface area contributed by atoms with Crippen molar-refractivity contribution in [3.05, 3.63) is 96.2 Å². The van der Waals surface area contributed by atoms with Gasteiger partial charge >= 0.3 is 0 Å². The van der Waals surface area contributed by atoms with Crippen LogP contribution in [0.25, 0.3) is 0 Å². The second-order valence-corrected chi connectivity index (χ2v) is 4.93. The lowest BCUT2D eigenvalue weighted by molar-refractivity contribution is 0.318. The second kappa shape index (κ2) is 9.38. The largest absolute Gasteiger partial charge is 0.397 e. The van der Waals surface area contributed by atoms with Gasteiger partial charge in [-0.3, -0.25) is 0 Å². The molecule has 3 rings (SSSR count). The summed E-state index contributed by atoms with van der Waals surface area (Å²) >= 11 is 0. The number of benzene rings is 2. The van der Waals surface area contributed by atoms with Gasteiger partial charge in [0.05, 0.1) is 6.04 Å². The number of rotatable bonds is 4. The Labute approximate surface area is 137 Å². The molecule has 118 valence electrons. The quantitative estimate of drug-likeness (QED) is 0.756. The first-order chi connectivity index (χ1) is 11.3. The summed E-state index contributed by atoms with van der Waals surface area (Å²) in [4.78, 5) is 4.36. The number of aliphatic hydroxyl groups excluding tert-OH is 1. The molecule has 0 amide bonds. The number of nitrogens with one attached hydrogen (secondary N) is 1. The van der Waals surface area contributed by atoms with E-state index in [1.54, 1.807) is 13.1 Å². The van der Waals surface area contributed by atoms with E-state index in [1.165, 1.54) is 11.1 Å². The van der Waals surface area contributed by atoms with Crippen LogP contribution in [0.4, 0.5) is 5.82 Å². The average molecular weight is 306 g/mol. The molecule has 23 heavy (non-hydrogen) atoms. The molecule has 0 saturated carbocycles. The van der Waals surface area contributed by atoms with Crippen molar-refractivity contribution in [2.24, 2.45) is 0 Å². The van der Waals surface area contributed by atoms with E-state index in [2.05, 4.69) is 58.8 Å². The van der Waals surface area contributed by atoms with Crippen molar-refractivity contribution in [1.29, 1.82) is 0 Å². The molecule has 1 heterocycles. The van der Waals surface area contributed by atoms with E-state index in [0.717, 1.165) is 5.82 Å². The predicted molar refractivity (Wildman–Crippen MR) is 95.3 cm³/mol. The van der Waals surface area contributed by atoms with Gasteiger partial charge in [-0.1, -0.05) is 66.7 Å². The van der Waals surface area contributed by atoms with E-state index in [-0.39, 0.29) is 12.6 Å². The molecule has 1 aromatic heterocycles. The van der Waals surface area contributed by atoms with Gasteiger partial charge in [-0.25, -0.2) is 4.98 Å². The Hall–Kier alpha value is -2.65. The highest BCUT2D eigenvalue weighted by Gasteiger charge is 2.13. The molecule has 3 nitrogen and oxygen atoms in total. The van der Waals surface area contributed by atoms with Crippen LogP contribution in [0.15, 0.2) is 85.1 Å². The second-order valence-electron chi connectivity index (χ2n) is 4.93. The molecule has 3 heteroatoms. The lowest BCUT2D eigenvalue weighted by atomic mass is 9.99. The molecule has 0 aliphatic rings. The zero-order valence-corrected chi connectivity index (χ0v) is 13.3. The molecule has 0 aliphatic carbocycles. The summed E-state index contributed by atoms with van der Waals surface area (Å²) in [7, 11) is 0. The molecular weight excluding hydrogens is 284 g/mol. The summed E-state index contributed by atoms with van der Waals surface area (Å²) in [5.74, 6) is 0.880. The SMILES string of the molecule is CCO.c1ccc(C(Nc2ccccn2)c2ccccc2)cc1. The highest BCUT2D eigenvalue weighted by atomic mass is 16.2. The van der Waals surface area contributed by atoms with Crippen LogP contribution in [0.1, 0.15) is 24.1 Å².